The van der Waals surface area contributed by atoms with E-state index in [0.717, 1.165) is 32.8 Å². The maximum Gasteiger partial charge on any atom is 0.408 e. The first-order valence-corrected chi connectivity index (χ1v) is 18.4. The molecule has 0 unspecified atom stereocenters. The lowest BCUT2D eigenvalue weighted by Crippen LogP contribution is -2.60. The predicted molar refractivity (Wildman–Crippen MR) is 209 cm³/mol. The summed E-state index contributed by atoms with van der Waals surface area (Å²) in [6, 6.07) is 25.0. The Hall–Kier alpha value is -6.34. The Bertz CT molecular complexity index is 2280. The molecule has 0 saturated heterocycles. The quantitative estimate of drug-likeness (QED) is 0.110. The van der Waals surface area contributed by atoms with Crippen LogP contribution in [0.5, 0.6) is 0 Å². The van der Waals surface area contributed by atoms with Crippen molar-refractivity contribution in [1.29, 1.82) is 0 Å². The van der Waals surface area contributed by atoms with Gasteiger partial charge in [0.1, 0.15) is 17.7 Å². The van der Waals surface area contributed by atoms with Crippen molar-refractivity contribution in [3.05, 3.63) is 120 Å². The Balaban J connectivity index is 1.32. The van der Waals surface area contributed by atoms with Gasteiger partial charge in [-0.25, -0.2) is 9.69 Å². The molecule has 1 heterocycles. The first kappa shape index (κ1) is 39.4. The molecule has 6 N–H and O–H groups in total. The van der Waals surface area contributed by atoms with Gasteiger partial charge in [-0.1, -0.05) is 91.0 Å². The van der Waals surface area contributed by atoms with Crippen LogP contribution in [0.2, 0.25) is 0 Å². The summed E-state index contributed by atoms with van der Waals surface area (Å²) in [5.74, 6) is -6.70. The van der Waals surface area contributed by atoms with Gasteiger partial charge in [-0.15, -0.1) is 0 Å². The molecule has 56 heavy (non-hydrogen) atoms. The molecule has 4 aromatic carbocycles. The van der Waals surface area contributed by atoms with Crippen LogP contribution in [0, 0.1) is 5.92 Å². The van der Waals surface area contributed by atoms with E-state index in [-0.39, 0.29) is 18.8 Å². The van der Waals surface area contributed by atoms with Gasteiger partial charge in [0.2, 0.25) is 11.8 Å². The van der Waals surface area contributed by atoms with Crippen molar-refractivity contribution in [3.8, 4) is 0 Å². The number of amides is 5. The minimum atomic E-state index is -1.86. The second-order valence-corrected chi connectivity index (χ2v) is 15.1. The summed E-state index contributed by atoms with van der Waals surface area (Å²) in [7, 11) is 0. The lowest BCUT2D eigenvalue weighted by Gasteiger charge is -2.29. The fourth-order valence-electron chi connectivity index (χ4n) is 6.88. The minimum Gasteiger partial charge on any atom is -0.481 e. The van der Waals surface area contributed by atoms with Gasteiger partial charge in [0.15, 0.2) is 0 Å². The number of aromatic amines is 1. The zero-order valence-corrected chi connectivity index (χ0v) is 31.4. The number of nitrogens with two attached hydrogens (primary N) is 1. The topological polar surface area (TPSA) is 201 Å². The number of rotatable bonds is 13. The van der Waals surface area contributed by atoms with Crippen LogP contribution in [-0.4, -0.2) is 74.4 Å². The van der Waals surface area contributed by atoms with Crippen LogP contribution >= 0.6 is 0 Å². The van der Waals surface area contributed by atoms with E-state index < -0.39 is 71.8 Å². The van der Waals surface area contributed by atoms with E-state index in [4.69, 9.17) is 10.5 Å². The van der Waals surface area contributed by atoms with Gasteiger partial charge in [0.25, 0.3) is 11.8 Å². The van der Waals surface area contributed by atoms with E-state index >= 15 is 0 Å². The zero-order chi connectivity index (χ0) is 40.1. The number of hydrogen-bond acceptors (Lipinski definition) is 8. The highest BCUT2D eigenvalue weighted by molar-refractivity contribution is 6.16. The molecule has 6 rings (SSSR count). The molecule has 1 aromatic heterocycles. The number of imide groups is 3. The molecular formula is C43H45N5O8. The lowest BCUT2D eigenvalue weighted by atomic mass is 10.0. The number of aromatic nitrogens is 1. The Kier molecular flexibility index (Phi) is 11.6. The molecule has 5 amide bonds. The highest BCUT2D eigenvalue weighted by Crippen LogP contribution is 2.48. The van der Waals surface area contributed by atoms with Crippen molar-refractivity contribution < 1.29 is 38.6 Å². The van der Waals surface area contributed by atoms with Crippen molar-refractivity contribution >= 4 is 57.4 Å². The molecule has 1 saturated carbocycles. The number of aliphatic carboxylic acids is 1. The SMILES string of the molecule is CC(C)(C)OC(=O)N[C@@H](Cc1c[nH]c2ccccc12)C(=O)N(C(=O)[C@H](CC(=O)O)NC(=O)[C@@H](N)Cc1ccc2ccccc2c1)C(=O)[C@@H]1C[C@H]1c1ccccc1. The number of alkyl carbamates (subject to hydrolysis) is 1. The summed E-state index contributed by atoms with van der Waals surface area (Å²) in [4.78, 5) is 86.2. The lowest BCUT2D eigenvalue weighted by molar-refractivity contribution is -0.159. The number of para-hydroxylation sites is 1. The van der Waals surface area contributed by atoms with Crippen LogP contribution in [-0.2, 0) is 41.6 Å². The number of carboxylic acids is 1. The Labute approximate surface area is 323 Å². The van der Waals surface area contributed by atoms with Crippen molar-refractivity contribution in [2.75, 3.05) is 0 Å². The molecule has 1 aliphatic carbocycles. The van der Waals surface area contributed by atoms with Crippen LogP contribution in [0.15, 0.2) is 103 Å². The summed E-state index contributed by atoms with van der Waals surface area (Å²) in [6.45, 7) is 4.93. The second kappa shape index (κ2) is 16.6. The smallest absolute Gasteiger partial charge is 0.408 e. The zero-order valence-electron chi connectivity index (χ0n) is 31.4. The van der Waals surface area contributed by atoms with Crippen molar-refractivity contribution in [1.82, 2.24) is 20.5 Å². The predicted octanol–water partition coefficient (Wildman–Crippen LogP) is 4.97. The second-order valence-electron chi connectivity index (χ2n) is 15.1. The van der Waals surface area contributed by atoms with E-state index in [1.165, 1.54) is 0 Å². The number of ether oxygens (including phenoxy) is 1. The third-order valence-electron chi connectivity index (χ3n) is 9.68. The fraction of sp³-hybridized carbons (Fsp3) is 0.302. The molecule has 0 aliphatic heterocycles. The van der Waals surface area contributed by atoms with Crippen LogP contribution in [0.3, 0.4) is 0 Å². The highest BCUT2D eigenvalue weighted by Gasteiger charge is 2.51. The number of nitrogens with zero attached hydrogens (tertiary/aromatic N) is 1. The minimum absolute atomic E-state index is 0.0551. The van der Waals surface area contributed by atoms with Crippen LogP contribution in [0.4, 0.5) is 4.79 Å². The number of H-pyrrole nitrogens is 1. The first-order valence-electron chi connectivity index (χ1n) is 18.4. The fourth-order valence-corrected chi connectivity index (χ4v) is 6.88. The summed E-state index contributed by atoms with van der Waals surface area (Å²) in [5, 5.41) is 17.5. The van der Waals surface area contributed by atoms with Gasteiger partial charge in [0.05, 0.1) is 12.5 Å². The van der Waals surface area contributed by atoms with E-state index in [1.807, 2.05) is 91.0 Å². The van der Waals surface area contributed by atoms with Crippen molar-refractivity contribution in [2.45, 2.75) is 76.1 Å². The third kappa shape index (κ3) is 9.47. The normalized spacial score (nSPS) is 16.6. The van der Waals surface area contributed by atoms with Crippen LogP contribution < -0.4 is 16.4 Å². The van der Waals surface area contributed by atoms with E-state index in [9.17, 15) is 33.9 Å². The van der Waals surface area contributed by atoms with E-state index in [2.05, 4.69) is 15.6 Å². The molecule has 1 aliphatic rings. The average Bonchev–Trinajstić information content (AvgIpc) is 3.87. The van der Waals surface area contributed by atoms with Gasteiger partial charge in [-0.3, -0.25) is 24.0 Å². The molecular weight excluding hydrogens is 714 g/mol. The maximum absolute atomic E-state index is 14.7. The van der Waals surface area contributed by atoms with Gasteiger partial charge < -0.3 is 31.2 Å². The molecule has 13 nitrogen and oxygen atoms in total. The number of carboxylic acid groups (broad SMARTS) is 1. The molecule has 1 fully saturated rings. The third-order valence-corrected chi connectivity index (χ3v) is 9.68. The van der Waals surface area contributed by atoms with E-state index in [1.54, 1.807) is 33.0 Å². The molecule has 0 spiro atoms. The summed E-state index contributed by atoms with van der Waals surface area (Å²) in [6.07, 6.45) is -0.0630. The average molecular weight is 760 g/mol. The number of carbonyl (C=O) groups excluding carboxylic acids is 5. The molecule has 0 bridgehead atoms. The molecule has 5 atom stereocenters. The van der Waals surface area contributed by atoms with Crippen LogP contribution in [0.25, 0.3) is 21.7 Å². The molecule has 0 radical (unpaired) electrons. The Morgan fingerprint density at radius 1 is 0.839 bits per heavy atom. The number of hydrogen-bond donors (Lipinski definition) is 5. The molecule has 290 valence electrons. The Morgan fingerprint density at radius 2 is 1.50 bits per heavy atom. The first-order chi connectivity index (χ1) is 26.7. The monoisotopic (exact) mass is 759 g/mol. The van der Waals surface area contributed by atoms with Gasteiger partial charge in [-0.05, 0) is 73.1 Å². The number of nitrogens with one attached hydrogen (secondary N) is 3. The summed E-state index contributed by atoms with van der Waals surface area (Å²) in [5.41, 5.74) is 8.25. The maximum atomic E-state index is 14.7. The van der Waals surface area contributed by atoms with Crippen molar-refractivity contribution in [2.24, 2.45) is 11.7 Å². The summed E-state index contributed by atoms with van der Waals surface area (Å²) >= 11 is 0. The number of carbonyl (C=O) groups is 6. The van der Waals surface area contributed by atoms with Crippen molar-refractivity contribution in [3.63, 3.8) is 0 Å². The number of fused-ring (bicyclic) bond motifs is 2. The van der Waals surface area contributed by atoms with Gasteiger partial charge >= 0.3 is 12.1 Å². The number of benzene rings is 4. The molecule has 5 aromatic rings. The highest BCUT2D eigenvalue weighted by atomic mass is 16.6. The van der Waals surface area contributed by atoms with Gasteiger partial charge in [-0.2, -0.15) is 0 Å². The van der Waals surface area contributed by atoms with Crippen LogP contribution in [0.1, 0.15) is 56.2 Å². The van der Waals surface area contributed by atoms with E-state index in [0.29, 0.717) is 16.9 Å². The standard InChI is InChI=1S/C43H45N5O8/c1-43(2,3)56-42(55)47-35(21-29-24-45-34-16-10-9-15-30(29)34)40(53)48(39(52)32-22-31(32)27-12-5-4-6-13-27)41(54)36(23-37(49)50)46-38(51)33(44)20-25-17-18-26-11-7-8-14-28(26)19-25/h4-19,24,31-33,35-36,45H,20-23,44H2,1-3H3,(H,46,51)(H,47,55)(H,49,50)/t31-,32+,33-,35-,36-/m0/s1. The summed E-state index contributed by atoms with van der Waals surface area (Å²) < 4.78 is 5.46. The largest absolute Gasteiger partial charge is 0.481 e. The Morgan fingerprint density at radius 3 is 2.21 bits per heavy atom. The van der Waals surface area contributed by atoms with Gasteiger partial charge in [0, 0.05) is 29.4 Å². The molecule has 13 heteroatoms.